The van der Waals surface area contributed by atoms with Crippen LogP contribution >= 0.6 is 0 Å². The van der Waals surface area contributed by atoms with Crippen LogP contribution in [0.15, 0.2) is 24.5 Å². The van der Waals surface area contributed by atoms with Gasteiger partial charge in [0.2, 0.25) is 0 Å². The molecule has 0 aliphatic heterocycles. The number of rotatable bonds is 2. The first-order valence-electron chi connectivity index (χ1n) is 5.04. The van der Waals surface area contributed by atoms with Crippen LogP contribution in [0.2, 0.25) is 0 Å². The van der Waals surface area contributed by atoms with Crippen LogP contribution in [0.4, 0.5) is 10.1 Å². The third-order valence-corrected chi connectivity index (χ3v) is 2.50. The largest absolute Gasteiger partial charge is 0.496 e. The molecule has 2 N–H and O–H groups in total. The fourth-order valence-corrected chi connectivity index (χ4v) is 1.56. The van der Waals surface area contributed by atoms with Gasteiger partial charge in [-0.3, -0.25) is 0 Å². The standard InChI is InChI=1S/C12H12FN3O/c1-7-11(14)12(16-6-15-7)9-5-8(13)3-4-10(9)17-2/h3-6H,14H2,1-2H3. The number of hydrogen-bond donors (Lipinski definition) is 1. The normalized spacial score (nSPS) is 10.3. The third kappa shape index (κ3) is 2.04. The Balaban J connectivity index is 2.67. The molecule has 0 atom stereocenters. The fraction of sp³-hybridized carbons (Fsp3) is 0.167. The molecule has 88 valence electrons. The molecule has 0 bridgehead atoms. The van der Waals surface area contributed by atoms with Gasteiger partial charge < -0.3 is 10.5 Å². The number of aromatic nitrogens is 2. The first-order chi connectivity index (χ1) is 8.13. The van der Waals surface area contributed by atoms with Crippen molar-refractivity contribution >= 4 is 5.69 Å². The molecule has 0 aliphatic carbocycles. The molecule has 0 unspecified atom stereocenters. The summed E-state index contributed by atoms with van der Waals surface area (Å²) in [5, 5.41) is 0. The van der Waals surface area contributed by atoms with Crippen LogP contribution in [0.1, 0.15) is 5.69 Å². The van der Waals surface area contributed by atoms with Gasteiger partial charge in [0.05, 0.1) is 18.5 Å². The molecular formula is C12H12FN3O. The average molecular weight is 233 g/mol. The minimum atomic E-state index is -0.364. The number of benzene rings is 1. The number of anilines is 1. The Morgan fingerprint density at radius 2 is 2.06 bits per heavy atom. The molecule has 0 spiro atoms. The predicted molar refractivity (Wildman–Crippen MR) is 63.1 cm³/mol. The molecule has 4 nitrogen and oxygen atoms in total. The summed E-state index contributed by atoms with van der Waals surface area (Å²) in [6, 6.07) is 4.21. The van der Waals surface area contributed by atoms with Crippen molar-refractivity contribution in [3.63, 3.8) is 0 Å². The van der Waals surface area contributed by atoms with E-state index < -0.39 is 0 Å². The lowest BCUT2D eigenvalue weighted by Crippen LogP contribution is -2.00. The van der Waals surface area contributed by atoms with E-state index in [-0.39, 0.29) is 5.82 Å². The molecule has 2 rings (SSSR count). The highest BCUT2D eigenvalue weighted by atomic mass is 19.1. The molecule has 1 heterocycles. The highest BCUT2D eigenvalue weighted by Crippen LogP contribution is 2.33. The van der Waals surface area contributed by atoms with Crippen molar-refractivity contribution in [1.29, 1.82) is 0 Å². The maximum atomic E-state index is 13.3. The minimum absolute atomic E-state index is 0.364. The summed E-state index contributed by atoms with van der Waals surface area (Å²) in [4.78, 5) is 8.05. The van der Waals surface area contributed by atoms with Gasteiger partial charge in [0, 0.05) is 5.56 Å². The van der Waals surface area contributed by atoms with E-state index in [1.807, 2.05) is 0 Å². The van der Waals surface area contributed by atoms with Gasteiger partial charge in [-0.25, -0.2) is 14.4 Å². The van der Waals surface area contributed by atoms with Crippen LogP contribution in [0.5, 0.6) is 5.75 Å². The Labute approximate surface area is 98.3 Å². The van der Waals surface area contributed by atoms with Gasteiger partial charge >= 0.3 is 0 Å². The Morgan fingerprint density at radius 3 is 2.76 bits per heavy atom. The lowest BCUT2D eigenvalue weighted by Gasteiger charge is -2.10. The van der Waals surface area contributed by atoms with E-state index in [9.17, 15) is 4.39 Å². The van der Waals surface area contributed by atoms with Crippen molar-refractivity contribution in [1.82, 2.24) is 9.97 Å². The topological polar surface area (TPSA) is 61.0 Å². The Morgan fingerprint density at radius 1 is 1.29 bits per heavy atom. The fourth-order valence-electron chi connectivity index (χ4n) is 1.56. The second kappa shape index (κ2) is 4.37. The summed E-state index contributed by atoms with van der Waals surface area (Å²) in [5.74, 6) is 0.160. The SMILES string of the molecule is COc1ccc(F)cc1-c1ncnc(C)c1N. The molecule has 0 saturated carbocycles. The molecule has 0 radical (unpaired) electrons. The van der Waals surface area contributed by atoms with Crippen molar-refractivity contribution in [3.05, 3.63) is 36.0 Å². The number of nitrogens with zero attached hydrogens (tertiary/aromatic N) is 2. The van der Waals surface area contributed by atoms with Crippen LogP contribution in [-0.4, -0.2) is 17.1 Å². The van der Waals surface area contributed by atoms with E-state index in [0.717, 1.165) is 0 Å². The molecule has 2 aromatic rings. The molecule has 17 heavy (non-hydrogen) atoms. The van der Waals surface area contributed by atoms with E-state index >= 15 is 0 Å². The molecule has 0 aliphatic rings. The number of nitrogens with two attached hydrogens (primary N) is 1. The Hall–Kier alpha value is -2.17. The van der Waals surface area contributed by atoms with Gasteiger partial charge in [-0.15, -0.1) is 0 Å². The summed E-state index contributed by atoms with van der Waals surface area (Å²) < 4.78 is 18.4. The van der Waals surface area contributed by atoms with Crippen LogP contribution in [0, 0.1) is 12.7 Å². The maximum absolute atomic E-state index is 13.3. The van der Waals surface area contributed by atoms with E-state index in [0.29, 0.717) is 28.4 Å². The van der Waals surface area contributed by atoms with Crippen LogP contribution in [-0.2, 0) is 0 Å². The summed E-state index contributed by atoms with van der Waals surface area (Å²) in [6.45, 7) is 1.77. The monoisotopic (exact) mass is 233 g/mol. The van der Waals surface area contributed by atoms with Crippen LogP contribution < -0.4 is 10.5 Å². The summed E-state index contributed by atoms with van der Waals surface area (Å²) in [6.07, 6.45) is 1.39. The Kier molecular flexibility index (Phi) is 2.91. The molecule has 0 amide bonds. The molecule has 5 heteroatoms. The van der Waals surface area contributed by atoms with Gasteiger partial charge in [-0.2, -0.15) is 0 Å². The zero-order valence-electron chi connectivity index (χ0n) is 9.57. The highest BCUT2D eigenvalue weighted by molar-refractivity contribution is 5.77. The van der Waals surface area contributed by atoms with Crippen LogP contribution in [0.3, 0.4) is 0 Å². The van der Waals surface area contributed by atoms with E-state index in [1.165, 1.54) is 25.6 Å². The average Bonchev–Trinajstić information content (AvgIpc) is 2.33. The first-order valence-corrected chi connectivity index (χ1v) is 5.04. The molecule has 1 aromatic carbocycles. The van der Waals surface area contributed by atoms with Crippen molar-refractivity contribution in [3.8, 4) is 17.0 Å². The van der Waals surface area contributed by atoms with Crippen molar-refractivity contribution in [2.45, 2.75) is 6.92 Å². The maximum Gasteiger partial charge on any atom is 0.128 e. The van der Waals surface area contributed by atoms with Gasteiger partial charge in [0.25, 0.3) is 0 Å². The summed E-state index contributed by atoms with van der Waals surface area (Å²) >= 11 is 0. The van der Waals surface area contributed by atoms with Crippen LogP contribution in [0.25, 0.3) is 11.3 Å². The van der Waals surface area contributed by atoms with Gasteiger partial charge in [0.1, 0.15) is 23.6 Å². The Bertz CT molecular complexity index is 557. The second-order valence-electron chi connectivity index (χ2n) is 3.57. The minimum Gasteiger partial charge on any atom is -0.496 e. The predicted octanol–water partition coefficient (Wildman–Crippen LogP) is 2.18. The van der Waals surface area contributed by atoms with Crippen molar-refractivity contribution in [2.75, 3.05) is 12.8 Å². The second-order valence-corrected chi connectivity index (χ2v) is 3.57. The molecule has 0 fully saturated rings. The first kappa shape index (κ1) is 11.3. The van der Waals surface area contributed by atoms with Gasteiger partial charge in [0.15, 0.2) is 0 Å². The van der Waals surface area contributed by atoms with Gasteiger partial charge in [-0.1, -0.05) is 0 Å². The zero-order valence-corrected chi connectivity index (χ0v) is 9.57. The van der Waals surface area contributed by atoms with E-state index in [4.69, 9.17) is 10.5 Å². The summed E-state index contributed by atoms with van der Waals surface area (Å²) in [5.41, 5.74) is 7.97. The number of methoxy groups -OCH3 is 1. The van der Waals surface area contributed by atoms with Gasteiger partial charge in [-0.05, 0) is 25.1 Å². The van der Waals surface area contributed by atoms with E-state index in [2.05, 4.69) is 9.97 Å². The molecule has 1 aromatic heterocycles. The van der Waals surface area contributed by atoms with Crippen molar-refractivity contribution in [2.24, 2.45) is 0 Å². The quantitative estimate of drug-likeness (QED) is 0.863. The number of ether oxygens (including phenoxy) is 1. The number of aryl methyl sites for hydroxylation is 1. The zero-order chi connectivity index (χ0) is 12.4. The number of hydrogen-bond acceptors (Lipinski definition) is 4. The number of nitrogen functional groups attached to an aromatic ring is 1. The van der Waals surface area contributed by atoms with E-state index in [1.54, 1.807) is 13.0 Å². The lowest BCUT2D eigenvalue weighted by molar-refractivity contribution is 0.415. The molecule has 0 saturated heterocycles. The smallest absolute Gasteiger partial charge is 0.128 e. The molecular weight excluding hydrogens is 221 g/mol. The highest BCUT2D eigenvalue weighted by Gasteiger charge is 2.13. The summed E-state index contributed by atoms with van der Waals surface area (Å²) in [7, 11) is 1.51. The lowest BCUT2D eigenvalue weighted by atomic mass is 10.1. The number of halogens is 1. The third-order valence-electron chi connectivity index (χ3n) is 2.50. The van der Waals surface area contributed by atoms with Crippen molar-refractivity contribution < 1.29 is 9.13 Å².